The van der Waals surface area contributed by atoms with Crippen molar-refractivity contribution in [3.05, 3.63) is 10.6 Å². The predicted molar refractivity (Wildman–Crippen MR) is 46.0 cm³/mol. The Morgan fingerprint density at radius 3 is 3.36 bits per heavy atom. The van der Waals surface area contributed by atoms with Crippen molar-refractivity contribution in [3.8, 4) is 0 Å². The van der Waals surface area contributed by atoms with Crippen molar-refractivity contribution in [2.45, 2.75) is 6.42 Å². The maximum absolute atomic E-state index is 11.4. The van der Waals surface area contributed by atoms with Gasteiger partial charge in [0.15, 0.2) is 4.91 Å². The molecule has 60 valence electrons. The number of dihydropyridines is 1. The highest BCUT2D eigenvalue weighted by Gasteiger charge is 2.24. The third-order valence-electron chi connectivity index (χ3n) is 1.87. The van der Waals surface area contributed by atoms with Crippen LogP contribution in [-0.2, 0) is 11.2 Å². The van der Waals surface area contributed by atoms with Gasteiger partial charge >= 0.3 is 0 Å². The van der Waals surface area contributed by atoms with Gasteiger partial charge in [0.2, 0.25) is 0 Å². The zero-order valence-corrected chi connectivity index (χ0v) is 6.99. The second kappa shape index (κ2) is 2.87. The maximum Gasteiger partial charge on any atom is 0.156 e. The highest BCUT2D eigenvalue weighted by molar-refractivity contribution is 7.95. The largest absolute Gasteiger partial charge is 0.612 e. The fraction of sp³-hybridized carbons (Fsp3) is 0.571. The molecule has 0 aromatic carbocycles. The quantitative estimate of drug-likeness (QED) is 0.521. The van der Waals surface area contributed by atoms with Crippen LogP contribution in [0, 0.1) is 0 Å². The van der Waals surface area contributed by atoms with E-state index >= 15 is 0 Å². The van der Waals surface area contributed by atoms with Crippen LogP contribution < -0.4 is 5.32 Å². The highest BCUT2D eigenvalue weighted by Crippen LogP contribution is 2.20. The molecule has 2 heterocycles. The summed E-state index contributed by atoms with van der Waals surface area (Å²) in [5, 5.41) is 3.19. The Bertz CT molecular complexity index is 224. The zero-order valence-electron chi connectivity index (χ0n) is 6.17. The molecule has 0 saturated heterocycles. The average molecular weight is 170 g/mol. The standard InChI is InChI=1S/C7H10N2OS/c10-11-4-3-9-6-5-8-2-1-7(6)11/h5,9H,1-4H2. The molecule has 0 aliphatic carbocycles. The molecule has 1 atom stereocenters. The van der Waals surface area contributed by atoms with Gasteiger partial charge in [0, 0.05) is 19.2 Å². The van der Waals surface area contributed by atoms with E-state index in [2.05, 4.69) is 10.3 Å². The molecule has 1 unspecified atom stereocenters. The van der Waals surface area contributed by atoms with E-state index in [9.17, 15) is 4.55 Å². The van der Waals surface area contributed by atoms with Gasteiger partial charge in [-0.2, -0.15) is 0 Å². The van der Waals surface area contributed by atoms with E-state index in [1.54, 1.807) is 6.21 Å². The van der Waals surface area contributed by atoms with Crippen LogP contribution in [0.15, 0.2) is 15.6 Å². The van der Waals surface area contributed by atoms with Crippen molar-refractivity contribution in [1.82, 2.24) is 5.32 Å². The molecule has 2 aliphatic heterocycles. The molecule has 0 amide bonds. The summed E-state index contributed by atoms with van der Waals surface area (Å²) in [5.41, 5.74) is 1.00. The number of rotatable bonds is 0. The van der Waals surface area contributed by atoms with Crippen molar-refractivity contribution >= 4 is 17.4 Å². The molecule has 2 rings (SSSR count). The molecular formula is C7H10N2OS. The lowest BCUT2D eigenvalue weighted by atomic mass is 10.3. The van der Waals surface area contributed by atoms with E-state index in [0.717, 1.165) is 35.9 Å². The SMILES string of the molecule is [O-][S+]1CCNC2=C1CCN=C2. The molecule has 0 aromatic heterocycles. The first-order chi connectivity index (χ1) is 5.38. The molecule has 0 saturated carbocycles. The van der Waals surface area contributed by atoms with Gasteiger partial charge in [-0.25, -0.2) is 0 Å². The first-order valence-electron chi connectivity index (χ1n) is 3.73. The zero-order chi connectivity index (χ0) is 7.68. The van der Waals surface area contributed by atoms with Gasteiger partial charge in [-0.3, -0.25) is 4.99 Å². The van der Waals surface area contributed by atoms with E-state index in [0.29, 0.717) is 0 Å². The van der Waals surface area contributed by atoms with Gasteiger partial charge < -0.3 is 9.87 Å². The van der Waals surface area contributed by atoms with Gasteiger partial charge in [0.1, 0.15) is 11.4 Å². The second-order valence-corrected chi connectivity index (χ2v) is 4.19. The van der Waals surface area contributed by atoms with Crippen LogP contribution in [0.3, 0.4) is 0 Å². The van der Waals surface area contributed by atoms with E-state index in [4.69, 9.17) is 0 Å². The summed E-state index contributed by atoms with van der Waals surface area (Å²) in [5.74, 6) is 0.757. The summed E-state index contributed by atoms with van der Waals surface area (Å²) in [6, 6.07) is 0. The Morgan fingerprint density at radius 2 is 2.55 bits per heavy atom. The molecular weight excluding hydrogens is 160 g/mol. The predicted octanol–water partition coefficient (Wildman–Crippen LogP) is 0.0244. The molecule has 0 spiro atoms. The maximum atomic E-state index is 11.4. The van der Waals surface area contributed by atoms with Gasteiger partial charge in [0.05, 0.1) is 6.54 Å². The molecule has 11 heavy (non-hydrogen) atoms. The molecule has 4 heteroatoms. The number of hydrogen-bond donors (Lipinski definition) is 1. The molecule has 2 aliphatic rings. The van der Waals surface area contributed by atoms with Gasteiger partial charge in [-0.05, 0) is 11.2 Å². The topological polar surface area (TPSA) is 47.4 Å². The number of nitrogens with one attached hydrogen (secondary N) is 1. The van der Waals surface area contributed by atoms with Crippen LogP contribution in [0.4, 0.5) is 0 Å². The monoisotopic (exact) mass is 170 g/mol. The van der Waals surface area contributed by atoms with Gasteiger partial charge in [-0.1, -0.05) is 0 Å². The molecule has 0 radical (unpaired) electrons. The van der Waals surface area contributed by atoms with Crippen LogP contribution >= 0.6 is 0 Å². The summed E-state index contributed by atoms with van der Waals surface area (Å²) in [6.07, 6.45) is 2.67. The van der Waals surface area contributed by atoms with Crippen LogP contribution in [0.25, 0.3) is 0 Å². The lowest BCUT2D eigenvalue weighted by Gasteiger charge is -2.23. The van der Waals surface area contributed by atoms with Crippen LogP contribution in [-0.4, -0.2) is 29.6 Å². The van der Waals surface area contributed by atoms with Crippen molar-refractivity contribution in [1.29, 1.82) is 0 Å². The van der Waals surface area contributed by atoms with Gasteiger partial charge in [-0.15, -0.1) is 0 Å². The second-order valence-electron chi connectivity index (χ2n) is 2.60. The Morgan fingerprint density at radius 1 is 1.64 bits per heavy atom. The average Bonchev–Trinajstić information content (AvgIpc) is 2.06. The van der Waals surface area contributed by atoms with Crippen molar-refractivity contribution in [2.75, 3.05) is 18.8 Å². The number of aliphatic imine (C=N–C) groups is 1. The van der Waals surface area contributed by atoms with Crippen LogP contribution in [0.2, 0.25) is 0 Å². The third kappa shape index (κ3) is 1.28. The highest BCUT2D eigenvalue weighted by atomic mass is 32.2. The number of hydrogen-bond acceptors (Lipinski definition) is 3. The third-order valence-corrected chi connectivity index (χ3v) is 3.42. The van der Waals surface area contributed by atoms with E-state index < -0.39 is 11.2 Å². The molecule has 1 N–H and O–H groups in total. The minimum atomic E-state index is -0.731. The van der Waals surface area contributed by atoms with Gasteiger partial charge in [0.25, 0.3) is 0 Å². The fourth-order valence-corrected chi connectivity index (χ4v) is 2.53. The number of allylic oxidation sites excluding steroid dienone is 1. The summed E-state index contributed by atoms with van der Waals surface area (Å²) in [4.78, 5) is 5.18. The van der Waals surface area contributed by atoms with Crippen LogP contribution in [0.5, 0.6) is 0 Å². The van der Waals surface area contributed by atoms with Crippen molar-refractivity contribution < 1.29 is 4.55 Å². The Hall–Kier alpha value is -0.480. The van der Waals surface area contributed by atoms with Crippen LogP contribution in [0.1, 0.15) is 6.42 Å². The first kappa shape index (κ1) is 7.18. The smallest absolute Gasteiger partial charge is 0.156 e. The van der Waals surface area contributed by atoms with E-state index in [1.165, 1.54) is 0 Å². The van der Waals surface area contributed by atoms with E-state index in [1.807, 2.05) is 0 Å². The fourth-order valence-electron chi connectivity index (χ4n) is 1.31. The van der Waals surface area contributed by atoms with E-state index in [-0.39, 0.29) is 0 Å². The Labute approximate surface area is 68.8 Å². The molecule has 0 aromatic rings. The molecule has 3 nitrogen and oxygen atoms in total. The first-order valence-corrected chi connectivity index (χ1v) is 5.05. The molecule has 0 bridgehead atoms. The summed E-state index contributed by atoms with van der Waals surface area (Å²) >= 11 is -0.731. The van der Waals surface area contributed by atoms with Crippen molar-refractivity contribution in [2.24, 2.45) is 4.99 Å². The Balaban J connectivity index is 2.28. The minimum absolute atomic E-state index is 0.731. The summed E-state index contributed by atoms with van der Waals surface area (Å²) in [6.45, 7) is 1.61. The molecule has 0 fully saturated rings. The van der Waals surface area contributed by atoms with Crippen molar-refractivity contribution in [3.63, 3.8) is 0 Å². The summed E-state index contributed by atoms with van der Waals surface area (Å²) < 4.78 is 11.4. The minimum Gasteiger partial charge on any atom is -0.612 e. The lowest BCUT2D eigenvalue weighted by molar-refractivity contribution is 0.591. The number of nitrogens with zero attached hydrogens (tertiary/aromatic N) is 1. The lowest BCUT2D eigenvalue weighted by Crippen LogP contribution is -2.34. The Kier molecular flexibility index (Phi) is 1.87. The summed E-state index contributed by atoms with van der Waals surface area (Å²) in [7, 11) is 0. The normalized spacial score (nSPS) is 29.7.